The fourth-order valence-electron chi connectivity index (χ4n) is 1.63. The largest absolute Gasteiger partial charge is 0.331 e. The molecule has 0 saturated heterocycles. The number of benzene rings is 1. The second-order valence-electron chi connectivity index (χ2n) is 4.11. The zero-order valence-corrected chi connectivity index (χ0v) is 9.88. The van der Waals surface area contributed by atoms with Crippen molar-refractivity contribution in [3.8, 4) is 0 Å². The molecule has 0 radical (unpaired) electrons. The van der Waals surface area contributed by atoms with Crippen LogP contribution in [0.1, 0.15) is 11.1 Å². The number of aromatic nitrogens is 2. The van der Waals surface area contributed by atoms with Crippen molar-refractivity contribution >= 4 is 0 Å². The van der Waals surface area contributed by atoms with Crippen molar-refractivity contribution in [3.63, 3.8) is 0 Å². The second kappa shape index (κ2) is 4.41. The van der Waals surface area contributed by atoms with Crippen LogP contribution in [-0.4, -0.2) is 9.13 Å². The van der Waals surface area contributed by atoms with E-state index in [-0.39, 0.29) is 11.2 Å². The Balaban J connectivity index is 2.37. The Kier molecular flexibility index (Phi) is 2.95. The van der Waals surface area contributed by atoms with E-state index in [1.807, 2.05) is 31.2 Å². The minimum atomic E-state index is -0.293. The summed E-state index contributed by atoms with van der Waals surface area (Å²) in [6.07, 6.45) is 1.53. The van der Waals surface area contributed by atoms with Gasteiger partial charge in [0.2, 0.25) is 0 Å². The number of hydrogen-bond acceptors (Lipinski definition) is 2. The van der Waals surface area contributed by atoms with Crippen LogP contribution in [0.3, 0.4) is 0 Å². The fourth-order valence-corrected chi connectivity index (χ4v) is 1.63. The molecule has 0 unspecified atom stereocenters. The van der Waals surface area contributed by atoms with Crippen LogP contribution in [0.15, 0.2) is 46.1 Å². The number of rotatable bonds is 2. The minimum Gasteiger partial charge on any atom is -0.296 e. The normalized spacial score (nSPS) is 10.5. The average molecular weight is 230 g/mol. The molecule has 4 heteroatoms. The number of nitrogens with zero attached hydrogens (tertiary/aromatic N) is 2. The van der Waals surface area contributed by atoms with Crippen molar-refractivity contribution in [2.45, 2.75) is 13.5 Å². The SMILES string of the molecule is Cc1ccc(Cn2ccc(=O)n(C)c2=O)cc1. The van der Waals surface area contributed by atoms with Crippen molar-refractivity contribution in [2.24, 2.45) is 7.05 Å². The smallest absolute Gasteiger partial charge is 0.296 e. The molecule has 0 saturated carbocycles. The highest BCUT2D eigenvalue weighted by molar-refractivity contribution is 5.21. The average Bonchev–Trinajstić information content (AvgIpc) is 2.33. The van der Waals surface area contributed by atoms with Crippen LogP contribution in [0.5, 0.6) is 0 Å². The highest BCUT2D eigenvalue weighted by atomic mass is 16.2. The molecular weight excluding hydrogens is 216 g/mol. The lowest BCUT2D eigenvalue weighted by Gasteiger charge is -2.07. The van der Waals surface area contributed by atoms with Gasteiger partial charge in [0.1, 0.15) is 0 Å². The Bertz CT molecular complexity index is 636. The second-order valence-corrected chi connectivity index (χ2v) is 4.11. The summed E-state index contributed by atoms with van der Waals surface area (Å²) in [5.41, 5.74) is 1.64. The van der Waals surface area contributed by atoms with Crippen LogP contribution in [0.25, 0.3) is 0 Å². The first kappa shape index (κ1) is 11.4. The molecule has 0 aliphatic carbocycles. The molecule has 2 rings (SSSR count). The summed E-state index contributed by atoms with van der Waals surface area (Å²) in [4.78, 5) is 23.0. The maximum Gasteiger partial charge on any atom is 0.331 e. The van der Waals surface area contributed by atoms with Gasteiger partial charge in [-0.3, -0.25) is 13.9 Å². The van der Waals surface area contributed by atoms with E-state index >= 15 is 0 Å². The molecule has 1 heterocycles. The molecule has 0 N–H and O–H groups in total. The maximum atomic E-state index is 11.8. The summed E-state index contributed by atoms with van der Waals surface area (Å²) in [6, 6.07) is 9.36. The summed E-state index contributed by atoms with van der Waals surface area (Å²) < 4.78 is 2.63. The van der Waals surface area contributed by atoms with Crippen LogP contribution in [0.4, 0.5) is 0 Å². The summed E-state index contributed by atoms with van der Waals surface area (Å²) in [5, 5.41) is 0. The standard InChI is InChI=1S/C13H14N2O2/c1-10-3-5-11(6-4-10)9-15-8-7-12(16)14(2)13(15)17/h3-8H,9H2,1-2H3. The predicted octanol–water partition coefficient (Wildman–Crippen LogP) is 0.904. The van der Waals surface area contributed by atoms with Crippen molar-refractivity contribution in [1.29, 1.82) is 0 Å². The number of hydrogen-bond donors (Lipinski definition) is 0. The summed E-state index contributed by atoms with van der Waals surface area (Å²) in [6.45, 7) is 2.50. The van der Waals surface area contributed by atoms with Crippen LogP contribution in [0, 0.1) is 6.92 Å². The molecular formula is C13H14N2O2. The molecule has 0 atom stereocenters. The quantitative estimate of drug-likeness (QED) is 0.769. The zero-order chi connectivity index (χ0) is 12.4. The van der Waals surface area contributed by atoms with Gasteiger partial charge in [-0.1, -0.05) is 29.8 Å². The molecule has 0 bridgehead atoms. The van der Waals surface area contributed by atoms with E-state index in [9.17, 15) is 9.59 Å². The first-order valence-electron chi connectivity index (χ1n) is 5.40. The third-order valence-corrected chi connectivity index (χ3v) is 2.73. The van der Waals surface area contributed by atoms with Gasteiger partial charge in [0.05, 0.1) is 6.54 Å². The molecule has 4 nitrogen and oxygen atoms in total. The lowest BCUT2D eigenvalue weighted by molar-refractivity contribution is 0.645. The van der Waals surface area contributed by atoms with E-state index < -0.39 is 0 Å². The maximum absolute atomic E-state index is 11.8. The molecule has 1 aromatic heterocycles. The van der Waals surface area contributed by atoms with Crippen molar-refractivity contribution in [1.82, 2.24) is 9.13 Å². The van der Waals surface area contributed by atoms with Gasteiger partial charge in [-0.05, 0) is 12.5 Å². The molecule has 2 aromatic rings. The van der Waals surface area contributed by atoms with Crippen LogP contribution in [-0.2, 0) is 13.6 Å². The van der Waals surface area contributed by atoms with E-state index in [4.69, 9.17) is 0 Å². The lowest BCUT2D eigenvalue weighted by Crippen LogP contribution is -2.37. The first-order valence-corrected chi connectivity index (χ1v) is 5.40. The van der Waals surface area contributed by atoms with E-state index in [0.29, 0.717) is 6.54 Å². The Morgan fingerprint density at radius 3 is 2.35 bits per heavy atom. The monoisotopic (exact) mass is 230 g/mol. The Hall–Kier alpha value is -2.10. The summed E-state index contributed by atoms with van der Waals surface area (Å²) in [5.74, 6) is 0. The van der Waals surface area contributed by atoms with Crippen molar-refractivity contribution in [2.75, 3.05) is 0 Å². The van der Waals surface area contributed by atoms with Crippen LogP contribution >= 0.6 is 0 Å². The lowest BCUT2D eigenvalue weighted by atomic mass is 10.1. The summed E-state index contributed by atoms with van der Waals surface area (Å²) >= 11 is 0. The van der Waals surface area contributed by atoms with Gasteiger partial charge in [0, 0.05) is 19.3 Å². The van der Waals surface area contributed by atoms with E-state index in [1.54, 1.807) is 0 Å². The van der Waals surface area contributed by atoms with E-state index in [2.05, 4.69) is 0 Å². The van der Waals surface area contributed by atoms with Gasteiger partial charge in [0.25, 0.3) is 5.56 Å². The van der Waals surface area contributed by atoms with Gasteiger partial charge < -0.3 is 0 Å². The topological polar surface area (TPSA) is 44.0 Å². The molecule has 88 valence electrons. The molecule has 0 amide bonds. The van der Waals surface area contributed by atoms with Gasteiger partial charge in [-0.25, -0.2) is 4.79 Å². The first-order chi connectivity index (χ1) is 8.08. The third-order valence-electron chi connectivity index (χ3n) is 2.73. The highest BCUT2D eigenvalue weighted by Gasteiger charge is 2.01. The molecule has 1 aromatic carbocycles. The molecule has 0 aliphatic heterocycles. The van der Waals surface area contributed by atoms with Crippen LogP contribution < -0.4 is 11.2 Å². The number of aryl methyl sites for hydroxylation is 1. The Labute approximate surface area is 98.8 Å². The third kappa shape index (κ3) is 2.36. The van der Waals surface area contributed by atoms with Crippen molar-refractivity contribution < 1.29 is 0 Å². The Morgan fingerprint density at radius 2 is 1.71 bits per heavy atom. The van der Waals surface area contributed by atoms with Gasteiger partial charge in [0.15, 0.2) is 0 Å². The highest BCUT2D eigenvalue weighted by Crippen LogP contribution is 2.03. The van der Waals surface area contributed by atoms with Crippen molar-refractivity contribution in [3.05, 3.63) is 68.5 Å². The molecule has 17 heavy (non-hydrogen) atoms. The Morgan fingerprint density at radius 1 is 1.06 bits per heavy atom. The zero-order valence-electron chi connectivity index (χ0n) is 9.88. The van der Waals surface area contributed by atoms with Gasteiger partial charge in [-0.15, -0.1) is 0 Å². The van der Waals surface area contributed by atoms with Gasteiger partial charge >= 0.3 is 5.69 Å². The van der Waals surface area contributed by atoms with Crippen LogP contribution in [0.2, 0.25) is 0 Å². The van der Waals surface area contributed by atoms with Gasteiger partial charge in [-0.2, -0.15) is 0 Å². The predicted molar refractivity (Wildman–Crippen MR) is 66.2 cm³/mol. The molecule has 0 spiro atoms. The van der Waals surface area contributed by atoms with E-state index in [1.165, 1.54) is 29.4 Å². The molecule has 0 aliphatic rings. The minimum absolute atomic E-state index is 0.282. The molecule has 0 fully saturated rings. The van der Waals surface area contributed by atoms with E-state index in [0.717, 1.165) is 10.1 Å². The summed E-state index contributed by atoms with van der Waals surface area (Å²) in [7, 11) is 1.48. The fraction of sp³-hybridized carbons (Fsp3) is 0.231.